The summed E-state index contributed by atoms with van der Waals surface area (Å²) in [6.07, 6.45) is 11.0. The third-order valence-electron chi connectivity index (χ3n) is 8.80. The molecule has 0 spiro atoms. The second kappa shape index (κ2) is 15.9. The van der Waals surface area contributed by atoms with Crippen LogP contribution in [0.4, 0.5) is 5.69 Å². The number of rotatable bonds is 12. The van der Waals surface area contributed by atoms with E-state index in [-0.39, 0.29) is 12.5 Å². The Morgan fingerprint density at radius 1 is 0.936 bits per heavy atom. The summed E-state index contributed by atoms with van der Waals surface area (Å²) in [5, 5.41) is 4.25. The molecule has 0 amide bonds. The number of carbonyl (C=O) groups is 1. The Kier molecular flexibility index (Phi) is 11.2. The van der Waals surface area contributed by atoms with Crippen molar-refractivity contribution in [3.8, 4) is 28.1 Å². The lowest BCUT2D eigenvalue weighted by Crippen LogP contribution is -2.15. The summed E-state index contributed by atoms with van der Waals surface area (Å²) in [4.78, 5) is 18.1. The Labute approximate surface area is 291 Å². The number of esters is 1. The highest BCUT2D eigenvalue weighted by Crippen LogP contribution is 2.33. The minimum atomic E-state index is -0.332. The predicted octanol–water partition coefficient (Wildman–Crippen LogP) is 10.8. The number of imidazole rings is 1. The van der Waals surface area contributed by atoms with Crippen molar-refractivity contribution in [2.75, 3.05) is 24.7 Å². The van der Waals surface area contributed by atoms with Gasteiger partial charge in [-0.25, -0.2) is 4.98 Å². The first kappa shape index (κ1) is 33.2. The maximum atomic E-state index is 11.7. The van der Waals surface area contributed by atoms with Crippen molar-refractivity contribution in [2.24, 2.45) is 5.92 Å². The molecule has 0 atom stereocenters. The molecule has 4 aromatic carbocycles. The molecule has 5 aromatic rings. The van der Waals surface area contributed by atoms with Crippen LogP contribution in [0.5, 0.6) is 0 Å². The fourth-order valence-electron chi connectivity index (χ4n) is 6.17. The van der Waals surface area contributed by atoms with Crippen molar-refractivity contribution < 1.29 is 9.53 Å². The van der Waals surface area contributed by atoms with Crippen molar-refractivity contribution >= 4 is 46.6 Å². The van der Waals surface area contributed by atoms with E-state index in [2.05, 4.69) is 58.4 Å². The number of methoxy groups -OCH3 is 1. The molecule has 1 fully saturated rings. The van der Waals surface area contributed by atoms with E-state index >= 15 is 0 Å². The highest BCUT2D eigenvalue weighted by molar-refractivity contribution is 7.99. The van der Waals surface area contributed by atoms with Crippen LogP contribution >= 0.6 is 35.0 Å². The quantitative estimate of drug-likeness (QED) is 0.105. The molecule has 5 nitrogen and oxygen atoms in total. The summed E-state index contributed by atoms with van der Waals surface area (Å²) < 4.78 is 6.85. The molecular formula is C39H39Cl2N3O2S. The van der Waals surface area contributed by atoms with Crippen LogP contribution in [0, 0.1) is 5.92 Å². The summed E-state index contributed by atoms with van der Waals surface area (Å²) in [5.74, 6) is 2.66. The number of thioether (sulfide) groups is 1. The first-order valence-corrected chi connectivity index (χ1v) is 18.0. The average molecular weight is 685 g/mol. The Morgan fingerprint density at radius 2 is 1.68 bits per heavy atom. The molecule has 8 heteroatoms. The summed E-state index contributed by atoms with van der Waals surface area (Å²) in [6.45, 7) is 0.0801. The highest BCUT2D eigenvalue weighted by Gasteiger charge is 2.16. The monoisotopic (exact) mass is 683 g/mol. The van der Waals surface area contributed by atoms with Crippen molar-refractivity contribution in [1.82, 2.24) is 9.55 Å². The van der Waals surface area contributed by atoms with Crippen LogP contribution in [0.1, 0.15) is 49.9 Å². The maximum absolute atomic E-state index is 11.7. The number of benzene rings is 4. The zero-order valence-corrected chi connectivity index (χ0v) is 28.9. The van der Waals surface area contributed by atoms with E-state index in [4.69, 9.17) is 32.9 Å². The standard InChI is InChI=1S/C39H39Cl2N3O2S/c1-46-39(45)25-42-32-8-5-9-33(24-32)44-26-37(35-19-16-31(40)23-36(35)41)43-38(44)22-28-10-12-29(13-11-28)30-14-17-34(18-15-30)47-21-20-27-6-3-2-4-7-27/h5,8-19,23-24,26-27,42H,2-4,6-7,20-22,25H2,1H3. The van der Waals surface area contributed by atoms with Gasteiger partial charge in [0, 0.05) is 39.5 Å². The molecule has 0 bridgehead atoms. The second-order valence-corrected chi connectivity index (χ2v) is 14.1. The SMILES string of the molecule is COC(=O)CNc1cccc(-n2cc(-c3ccc(Cl)cc3Cl)nc2Cc2ccc(-c3ccc(SCCC4CCCCC4)cc3)cc2)c1. The van der Waals surface area contributed by atoms with Gasteiger partial charge in [0.2, 0.25) is 0 Å². The van der Waals surface area contributed by atoms with Crippen LogP contribution in [0.25, 0.3) is 28.1 Å². The number of carbonyl (C=O) groups excluding carboxylic acids is 1. The fourth-order valence-corrected chi connectivity index (χ4v) is 7.69. The van der Waals surface area contributed by atoms with Gasteiger partial charge >= 0.3 is 5.97 Å². The van der Waals surface area contributed by atoms with E-state index in [1.807, 2.05) is 54.4 Å². The predicted molar refractivity (Wildman–Crippen MR) is 196 cm³/mol. The Balaban J connectivity index is 1.19. The minimum absolute atomic E-state index is 0.0801. The number of ether oxygens (including phenoxy) is 1. The minimum Gasteiger partial charge on any atom is -0.468 e. The molecule has 1 aromatic heterocycles. The fraction of sp³-hybridized carbons (Fsp3) is 0.282. The molecule has 0 saturated heterocycles. The molecule has 1 heterocycles. The first-order chi connectivity index (χ1) is 22.9. The molecular weight excluding hydrogens is 645 g/mol. The smallest absolute Gasteiger partial charge is 0.325 e. The van der Waals surface area contributed by atoms with Gasteiger partial charge in [0.15, 0.2) is 0 Å². The summed E-state index contributed by atoms with van der Waals surface area (Å²) >= 11 is 14.8. The number of hydrogen-bond acceptors (Lipinski definition) is 5. The van der Waals surface area contributed by atoms with Gasteiger partial charge in [-0.15, -0.1) is 11.8 Å². The largest absolute Gasteiger partial charge is 0.468 e. The molecule has 1 aliphatic carbocycles. The number of aromatic nitrogens is 2. The van der Waals surface area contributed by atoms with Gasteiger partial charge in [-0.05, 0) is 83.3 Å². The van der Waals surface area contributed by atoms with Gasteiger partial charge in [-0.2, -0.15) is 0 Å². The zero-order chi connectivity index (χ0) is 32.6. The maximum Gasteiger partial charge on any atom is 0.325 e. The van der Waals surface area contributed by atoms with Crippen LogP contribution in [-0.2, 0) is 16.0 Å². The average Bonchev–Trinajstić information content (AvgIpc) is 3.51. The van der Waals surface area contributed by atoms with Gasteiger partial charge in [0.1, 0.15) is 12.4 Å². The Morgan fingerprint density at radius 3 is 2.40 bits per heavy atom. The Hall–Kier alpha value is -3.71. The van der Waals surface area contributed by atoms with E-state index in [1.54, 1.807) is 6.07 Å². The molecule has 0 radical (unpaired) electrons. The lowest BCUT2D eigenvalue weighted by Gasteiger charge is -2.21. The van der Waals surface area contributed by atoms with Gasteiger partial charge in [0.25, 0.3) is 0 Å². The lowest BCUT2D eigenvalue weighted by molar-refractivity contribution is -0.138. The number of nitrogens with zero attached hydrogens (tertiary/aromatic N) is 2. The van der Waals surface area contributed by atoms with E-state index in [1.165, 1.54) is 67.4 Å². The van der Waals surface area contributed by atoms with E-state index in [0.29, 0.717) is 16.5 Å². The number of nitrogens with one attached hydrogen (secondary N) is 1. The van der Waals surface area contributed by atoms with Gasteiger partial charge in [-0.3, -0.25) is 4.79 Å². The molecule has 6 rings (SSSR count). The van der Waals surface area contributed by atoms with Gasteiger partial charge in [-0.1, -0.05) is 97.8 Å². The van der Waals surface area contributed by atoms with E-state index in [9.17, 15) is 4.79 Å². The topological polar surface area (TPSA) is 56.1 Å². The van der Waals surface area contributed by atoms with Crippen molar-refractivity contribution in [3.05, 3.63) is 119 Å². The van der Waals surface area contributed by atoms with Crippen molar-refractivity contribution in [2.45, 2.75) is 49.8 Å². The normalized spacial score (nSPS) is 13.4. The highest BCUT2D eigenvalue weighted by atomic mass is 35.5. The van der Waals surface area contributed by atoms with Gasteiger partial charge < -0.3 is 14.6 Å². The number of halogens is 2. The van der Waals surface area contributed by atoms with Gasteiger partial charge in [0.05, 0.1) is 17.8 Å². The van der Waals surface area contributed by atoms with Crippen LogP contribution in [0.15, 0.2) is 102 Å². The molecule has 1 aliphatic rings. The second-order valence-electron chi connectivity index (χ2n) is 12.1. The summed E-state index contributed by atoms with van der Waals surface area (Å²) in [6, 6.07) is 31.0. The third-order valence-corrected chi connectivity index (χ3v) is 10.4. The van der Waals surface area contributed by atoms with Crippen molar-refractivity contribution in [1.29, 1.82) is 0 Å². The van der Waals surface area contributed by atoms with E-state index < -0.39 is 0 Å². The number of anilines is 1. The molecule has 0 unspecified atom stereocenters. The Bertz CT molecular complexity index is 1800. The van der Waals surface area contributed by atoms with Crippen LogP contribution in [0.2, 0.25) is 10.0 Å². The van der Waals surface area contributed by atoms with Crippen molar-refractivity contribution in [3.63, 3.8) is 0 Å². The van der Waals surface area contributed by atoms with E-state index in [0.717, 1.165) is 39.9 Å². The van der Waals surface area contributed by atoms with Crippen LogP contribution in [-0.4, -0.2) is 34.9 Å². The third kappa shape index (κ3) is 8.81. The molecule has 0 aliphatic heterocycles. The zero-order valence-electron chi connectivity index (χ0n) is 26.6. The molecule has 1 saturated carbocycles. The number of hydrogen-bond donors (Lipinski definition) is 1. The van der Waals surface area contributed by atoms with Crippen LogP contribution in [0.3, 0.4) is 0 Å². The summed E-state index contributed by atoms with van der Waals surface area (Å²) in [5.41, 5.74) is 6.82. The summed E-state index contributed by atoms with van der Waals surface area (Å²) in [7, 11) is 1.38. The molecule has 47 heavy (non-hydrogen) atoms. The molecule has 1 N–H and O–H groups in total. The lowest BCUT2D eigenvalue weighted by atomic mass is 9.88. The van der Waals surface area contributed by atoms with Crippen LogP contribution < -0.4 is 5.32 Å². The first-order valence-electron chi connectivity index (χ1n) is 16.2. The molecule has 242 valence electrons.